The van der Waals surface area contributed by atoms with Gasteiger partial charge in [-0.05, 0) is 47.1 Å². The van der Waals surface area contributed by atoms with Gasteiger partial charge in [0.05, 0.1) is 0 Å². The van der Waals surface area contributed by atoms with Crippen molar-refractivity contribution >= 4 is 0 Å². The average molecular weight is 187 g/mol. The molecule has 13 heavy (non-hydrogen) atoms. The molecule has 3 nitrogen and oxygen atoms in total. The van der Waals surface area contributed by atoms with E-state index in [4.69, 9.17) is 5.73 Å². The molecule has 0 aliphatic rings. The molecule has 0 heterocycles. The molecule has 0 amide bonds. The summed E-state index contributed by atoms with van der Waals surface area (Å²) >= 11 is 0. The summed E-state index contributed by atoms with van der Waals surface area (Å²) in [6.07, 6.45) is 1.23. The Labute approximate surface area is 82.9 Å². The number of rotatable bonds is 7. The van der Waals surface area contributed by atoms with Crippen LogP contribution in [0, 0.1) is 0 Å². The zero-order valence-corrected chi connectivity index (χ0v) is 9.58. The van der Waals surface area contributed by atoms with E-state index in [-0.39, 0.29) is 0 Å². The second-order valence-electron chi connectivity index (χ2n) is 3.87. The van der Waals surface area contributed by atoms with Gasteiger partial charge < -0.3 is 10.6 Å². The second-order valence-corrected chi connectivity index (χ2v) is 3.87. The Hall–Kier alpha value is -0.120. The molecule has 0 radical (unpaired) electrons. The van der Waals surface area contributed by atoms with Crippen LogP contribution in [0.25, 0.3) is 0 Å². The first-order chi connectivity index (χ1) is 6.11. The molecular formula is C10H25N3. The van der Waals surface area contributed by atoms with E-state index < -0.39 is 0 Å². The van der Waals surface area contributed by atoms with Crippen molar-refractivity contribution in [2.75, 3.05) is 40.3 Å². The van der Waals surface area contributed by atoms with Crippen molar-refractivity contribution in [2.45, 2.75) is 26.3 Å². The maximum Gasteiger partial charge on any atom is 0.0190 e. The highest BCUT2D eigenvalue weighted by molar-refractivity contribution is 4.66. The summed E-state index contributed by atoms with van der Waals surface area (Å²) in [7, 11) is 4.23. The molecule has 0 fully saturated rings. The lowest BCUT2D eigenvalue weighted by molar-refractivity contribution is 0.212. The van der Waals surface area contributed by atoms with Gasteiger partial charge in [-0.25, -0.2) is 0 Å². The fourth-order valence-corrected chi connectivity index (χ4v) is 1.43. The van der Waals surface area contributed by atoms with Crippen molar-refractivity contribution < 1.29 is 0 Å². The van der Waals surface area contributed by atoms with Gasteiger partial charge in [-0.1, -0.05) is 6.92 Å². The number of nitrogens with two attached hydrogens (primary N) is 1. The van der Waals surface area contributed by atoms with Gasteiger partial charge in [0.2, 0.25) is 0 Å². The van der Waals surface area contributed by atoms with Crippen LogP contribution in [0.15, 0.2) is 0 Å². The molecule has 0 aliphatic heterocycles. The van der Waals surface area contributed by atoms with E-state index in [0.29, 0.717) is 6.04 Å². The molecule has 0 saturated carbocycles. The first kappa shape index (κ1) is 12.9. The van der Waals surface area contributed by atoms with E-state index in [0.717, 1.165) is 26.2 Å². The van der Waals surface area contributed by atoms with Crippen LogP contribution in [0.3, 0.4) is 0 Å². The predicted molar refractivity (Wildman–Crippen MR) is 58.9 cm³/mol. The van der Waals surface area contributed by atoms with Crippen LogP contribution in [0.1, 0.15) is 20.3 Å². The van der Waals surface area contributed by atoms with Gasteiger partial charge in [0.25, 0.3) is 0 Å². The third-order valence-corrected chi connectivity index (χ3v) is 2.42. The van der Waals surface area contributed by atoms with Crippen molar-refractivity contribution in [3.63, 3.8) is 0 Å². The molecule has 0 aromatic heterocycles. The van der Waals surface area contributed by atoms with Crippen LogP contribution in [0.5, 0.6) is 0 Å². The summed E-state index contributed by atoms with van der Waals surface area (Å²) in [6, 6.07) is 0.521. The van der Waals surface area contributed by atoms with E-state index in [9.17, 15) is 0 Å². The number of hydrogen-bond donors (Lipinski definition) is 1. The minimum absolute atomic E-state index is 0.521. The molecule has 0 aromatic rings. The average Bonchev–Trinajstić information content (AvgIpc) is 2.11. The molecule has 0 saturated heterocycles. The fourth-order valence-electron chi connectivity index (χ4n) is 1.43. The van der Waals surface area contributed by atoms with Crippen molar-refractivity contribution in [3.8, 4) is 0 Å². The topological polar surface area (TPSA) is 32.5 Å². The van der Waals surface area contributed by atoms with E-state index in [1.54, 1.807) is 0 Å². The molecule has 3 heteroatoms. The Morgan fingerprint density at radius 2 is 1.85 bits per heavy atom. The summed E-state index contributed by atoms with van der Waals surface area (Å²) in [6.45, 7) is 8.57. The minimum Gasteiger partial charge on any atom is -0.329 e. The Morgan fingerprint density at radius 1 is 1.23 bits per heavy atom. The van der Waals surface area contributed by atoms with Crippen molar-refractivity contribution in [1.82, 2.24) is 9.80 Å². The van der Waals surface area contributed by atoms with Gasteiger partial charge in [0, 0.05) is 12.6 Å². The first-order valence-electron chi connectivity index (χ1n) is 5.20. The molecule has 0 aliphatic carbocycles. The van der Waals surface area contributed by atoms with Gasteiger partial charge in [-0.3, -0.25) is 4.90 Å². The fraction of sp³-hybridized carbons (Fsp3) is 1.00. The van der Waals surface area contributed by atoms with E-state index >= 15 is 0 Å². The molecule has 2 N–H and O–H groups in total. The van der Waals surface area contributed by atoms with Crippen LogP contribution in [0.4, 0.5) is 0 Å². The maximum atomic E-state index is 5.63. The molecular weight excluding hydrogens is 162 g/mol. The number of likely N-dealkylation sites (N-methyl/N-ethyl adjacent to an activating group) is 1. The van der Waals surface area contributed by atoms with E-state index in [2.05, 4.69) is 37.7 Å². The summed E-state index contributed by atoms with van der Waals surface area (Å²) in [4.78, 5) is 4.66. The first-order valence-corrected chi connectivity index (χ1v) is 5.20. The van der Waals surface area contributed by atoms with Crippen LogP contribution < -0.4 is 5.73 Å². The molecule has 0 bridgehead atoms. The zero-order chi connectivity index (χ0) is 10.3. The second kappa shape index (κ2) is 7.30. The van der Waals surface area contributed by atoms with E-state index in [1.807, 2.05) is 0 Å². The largest absolute Gasteiger partial charge is 0.329 e. The Kier molecular flexibility index (Phi) is 7.23. The maximum absolute atomic E-state index is 5.63. The SMILES string of the molecule is CCN(CCCN(C)C)C(C)CN. The lowest BCUT2D eigenvalue weighted by Gasteiger charge is -2.27. The smallest absolute Gasteiger partial charge is 0.0190 e. The zero-order valence-electron chi connectivity index (χ0n) is 9.58. The number of hydrogen-bond acceptors (Lipinski definition) is 3. The van der Waals surface area contributed by atoms with Gasteiger partial charge in [-0.2, -0.15) is 0 Å². The minimum atomic E-state index is 0.521. The molecule has 1 atom stereocenters. The Balaban J connectivity index is 3.59. The highest BCUT2D eigenvalue weighted by Gasteiger charge is 2.08. The highest BCUT2D eigenvalue weighted by atomic mass is 15.2. The van der Waals surface area contributed by atoms with Crippen molar-refractivity contribution in [3.05, 3.63) is 0 Å². The van der Waals surface area contributed by atoms with Gasteiger partial charge >= 0.3 is 0 Å². The lowest BCUT2D eigenvalue weighted by Crippen LogP contribution is -2.39. The van der Waals surface area contributed by atoms with Gasteiger partial charge in [0.1, 0.15) is 0 Å². The molecule has 80 valence electrons. The Morgan fingerprint density at radius 3 is 2.23 bits per heavy atom. The molecule has 0 spiro atoms. The molecule has 0 aromatic carbocycles. The van der Waals surface area contributed by atoms with Crippen molar-refractivity contribution in [2.24, 2.45) is 5.73 Å². The lowest BCUT2D eigenvalue weighted by atomic mass is 10.2. The van der Waals surface area contributed by atoms with Crippen LogP contribution in [-0.2, 0) is 0 Å². The monoisotopic (exact) mass is 187 g/mol. The van der Waals surface area contributed by atoms with Crippen LogP contribution >= 0.6 is 0 Å². The third-order valence-electron chi connectivity index (χ3n) is 2.42. The summed E-state index contributed by atoms with van der Waals surface area (Å²) < 4.78 is 0. The van der Waals surface area contributed by atoms with Crippen LogP contribution in [0.2, 0.25) is 0 Å². The Bertz CT molecular complexity index is 115. The number of nitrogens with zero attached hydrogens (tertiary/aromatic N) is 2. The van der Waals surface area contributed by atoms with Gasteiger partial charge in [-0.15, -0.1) is 0 Å². The van der Waals surface area contributed by atoms with E-state index in [1.165, 1.54) is 6.42 Å². The van der Waals surface area contributed by atoms with Crippen molar-refractivity contribution in [1.29, 1.82) is 0 Å². The standard InChI is InChI=1S/C10H25N3/c1-5-13(10(2)9-11)8-6-7-12(3)4/h10H,5-9,11H2,1-4H3. The van der Waals surface area contributed by atoms with Crippen LogP contribution in [-0.4, -0.2) is 56.1 Å². The molecule has 1 unspecified atom stereocenters. The summed E-state index contributed by atoms with van der Waals surface area (Å²) in [5.74, 6) is 0. The third kappa shape index (κ3) is 6.02. The quantitative estimate of drug-likeness (QED) is 0.634. The summed E-state index contributed by atoms with van der Waals surface area (Å²) in [5, 5.41) is 0. The predicted octanol–water partition coefficient (Wildman–Crippen LogP) is 0.607. The van der Waals surface area contributed by atoms with Gasteiger partial charge in [0.15, 0.2) is 0 Å². The highest BCUT2D eigenvalue weighted by Crippen LogP contribution is 1.98. The normalized spacial score (nSPS) is 14.1. The molecule has 0 rings (SSSR count). The summed E-state index contributed by atoms with van der Waals surface area (Å²) in [5.41, 5.74) is 5.63.